The number of nitrogens with one attached hydrogen (secondary N) is 2. The van der Waals surface area contributed by atoms with Gasteiger partial charge < -0.3 is 5.32 Å². The third kappa shape index (κ3) is 4.02. The van der Waals surface area contributed by atoms with Crippen molar-refractivity contribution in [3.63, 3.8) is 0 Å². The van der Waals surface area contributed by atoms with Crippen LogP contribution in [-0.4, -0.2) is 22.1 Å². The molecule has 2 N–H and O–H groups in total. The number of amides is 1. The van der Waals surface area contributed by atoms with Crippen LogP contribution in [-0.2, 0) is 11.2 Å². The number of hydrogen-bond donors (Lipinski definition) is 2. The summed E-state index contributed by atoms with van der Waals surface area (Å²) in [5, 5.41) is 10.4. The van der Waals surface area contributed by atoms with Crippen LogP contribution in [0.4, 0.5) is 4.39 Å². The van der Waals surface area contributed by atoms with Gasteiger partial charge in [0.15, 0.2) is 0 Å². The van der Waals surface area contributed by atoms with Gasteiger partial charge in [-0.15, -0.1) is 0 Å². The fourth-order valence-electron chi connectivity index (χ4n) is 3.38. The zero-order valence-electron chi connectivity index (χ0n) is 14.1. The molecule has 1 saturated carbocycles. The minimum atomic E-state index is -0.279. The predicted octanol–water partition coefficient (Wildman–Crippen LogP) is 3.91. The van der Waals surface area contributed by atoms with Crippen molar-refractivity contribution in [3.8, 4) is 11.3 Å². The molecule has 1 aliphatic rings. The smallest absolute Gasteiger partial charge is 0.224 e. The van der Waals surface area contributed by atoms with E-state index in [4.69, 9.17) is 0 Å². The number of carbonyl (C=O) groups excluding carboxylic acids is 1. The Kier molecular flexibility index (Phi) is 5.28. The molecule has 1 amide bonds. The predicted molar refractivity (Wildman–Crippen MR) is 92.1 cm³/mol. The van der Waals surface area contributed by atoms with E-state index in [1.807, 2.05) is 6.92 Å². The highest BCUT2D eigenvalue weighted by Crippen LogP contribution is 2.25. The lowest BCUT2D eigenvalue weighted by molar-refractivity contribution is -0.121. The van der Waals surface area contributed by atoms with Gasteiger partial charge in [-0.05, 0) is 44.0 Å². The van der Waals surface area contributed by atoms with Crippen LogP contribution in [0.2, 0.25) is 0 Å². The Morgan fingerprint density at radius 2 is 1.88 bits per heavy atom. The van der Waals surface area contributed by atoms with Gasteiger partial charge in [0.1, 0.15) is 5.82 Å². The molecule has 0 saturated heterocycles. The quantitative estimate of drug-likeness (QED) is 0.836. The van der Waals surface area contributed by atoms with Gasteiger partial charge in [-0.25, -0.2) is 4.39 Å². The molecule has 0 spiro atoms. The lowest BCUT2D eigenvalue weighted by Crippen LogP contribution is -2.35. The van der Waals surface area contributed by atoms with E-state index in [0.29, 0.717) is 12.5 Å². The highest BCUT2D eigenvalue weighted by Gasteiger charge is 2.19. The highest BCUT2D eigenvalue weighted by molar-refractivity contribution is 5.81. The topological polar surface area (TPSA) is 57.8 Å². The van der Waals surface area contributed by atoms with Gasteiger partial charge in [-0.2, -0.15) is 5.10 Å². The molecule has 128 valence electrons. The van der Waals surface area contributed by atoms with Gasteiger partial charge >= 0.3 is 0 Å². The summed E-state index contributed by atoms with van der Waals surface area (Å²) in [6.07, 6.45) is 7.35. The van der Waals surface area contributed by atoms with E-state index in [2.05, 4.69) is 15.5 Å². The van der Waals surface area contributed by atoms with Crippen LogP contribution >= 0.6 is 0 Å². The maximum absolute atomic E-state index is 13.1. The molecule has 24 heavy (non-hydrogen) atoms. The molecule has 0 radical (unpaired) electrons. The molecule has 5 heteroatoms. The number of halogens is 1. The molecule has 0 aliphatic heterocycles. The van der Waals surface area contributed by atoms with E-state index in [1.165, 1.54) is 37.8 Å². The highest BCUT2D eigenvalue weighted by atomic mass is 19.1. The number of aryl methyl sites for hydroxylation is 1. The number of aromatic amines is 1. The molecule has 1 heterocycles. The van der Waals surface area contributed by atoms with E-state index in [1.54, 1.807) is 12.1 Å². The van der Waals surface area contributed by atoms with Crippen molar-refractivity contribution in [2.45, 2.75) is 57.9 Å². The molecule has 3 rings (SSSR count). The van der Waals surface area contributed by atoms with Crippen LogP contribution in [0.5, 0.6) is 0 Å². The van der Waals surface area contributed by atoms with Crippen LogP contribution in [0.15, 0.2) is 24.3 Å². The van der Waals surface area contributed by atoms with Crippen molar-refractivity contribution < 1.29 is 9.18 Å². The lowest BCUT2D eigenvalue weighted by Gasteiger charge is -2.16. The molecule has 2 aromatic rings. The number of carbonyl (C=O) groups is 1. The molecule has 0 unspecified atom stereocenters. The summed E-state index contributed by atoms with van der Waals surface area (Å²) >= 11 is 0. The summed E-state index contributed by atoms with van der Waals surface area (Å²) in [7, 11) is 0. The largest absolute Gasteiger partial charge is 0.353 e. The fourth-order valence-corrected chi connectivity index (χ4v) is 3.38. The van der Waals surface area contributed by atoms with Crippen LogP contribution in [0, 0.1) is 12.7 Å². The Morgan fingerprint density at radius 3 is 2.54 bits per heavy atom. The number of rotatable bonds is 4. The van der Waals surface area contributed by atoms with E-state index in [-0.39, 0.29) is 11.7 Å². The van der Waals surface area contributed by atoms with E-state index in [0.717, 1.165) is 35.4 Å². The standard InChI is InChI=1S/C19H24FN3O/c1-13-17(12-18(24)21-16-6-4-2-3-5-7-16)19(23-22-13)14-8-10-15(20)11-9-14/h8-11,16H,2-7,12H2,1H3,(H,21,24)(H,22,23). The molecule has 0 atom stereocenters. The first-order valence-electron chi connectivity index (χ1n) is 8.72. The van der Waals surface area contributed by atoms with Crippen molar-refractivity contribution in [2.24, 2.45) is 0 Å². The second-order valence-electron chi connectivity index (χ2n) is 6.62. The Bertz CT molecular complexity index is 685. The molecule has 1 fully saturated rings. The maximum Gasteiger partial charge on any atom is 0.224 e. The average molecular weight is 329 g/mol. The molecule has 1 aromatic heterocycles. The SMILES string of the molecule is Cc1[nH]nc(-c2ccc(F)cc2)c1CC(=O)NC1CCCCCC1. The molecule has 0 bridgehead atoms. The number of benzene rings is 1. The Hall–Kier alpha value is -2.17. The van der Waals surface area contributed by atoms with Crippen LogP contribution in [0.1, 0.15) is 49.8 Å². The number of aromatic nitrogens is 2. The molecule has 1 aliphatic carbocycles. The zero-order valence-corrected chi connectivity index (χ0v) is 14.1. The van der Waals surface area contributed by atoms with Crippen LogP contribution in [0.3, 0.4) is 0 Å². The second-order valence-corrected chi connectivity index (χ2v) is 6.62. The first-order valence-corrected chi connectivity index (χ1v) is 8.72. The fraction of sp³-hybridized carbons (Fsp3) is 0.474. The minimum Gasteiger partial charge on any atom is -0.353 e. The van der Waals surface area contributed by atoms with Crippen molar-refractivity contribution in [1.82, 2.24) is 15.5 Å². The Morgan fingerprint density at radius 1 is 1.21 bits per heavy atom. The van der Waals surface area contributed by atoms with Gasteiger partial charge in [0.2, 0.25) is 5.91 Å². The molecule has 4 nitrogen and oxygen atoms in total. The first-order chi connectivity index (χ1) is 11.6. The average Bonchev–Trinajstić information content (AvgIpc) is 2.76. The van der Waals surface area contributed by atoms with Gasteiger partial charge in [-0.1, -0.05) is 25.7 Å². The van der Waals surface area contributed by atoms with E-state index < -0.39 is 0 Å². The number of nitrogens with zero attached hydrogens (tertiary/aromatic N) is 1. The van der Waals surface area contributed by atoms with Gasteiger partial charge in [-0.3, -0.25) is 9.89 Å². The number of H-pyrrole nitrogens is 1. The van der Waals surface area contributed by atoms with Gasteiger partial charge in [0.05, 0.1) is 12.1 Å². The van der Waals surface area contributed by atoms with E-state index >= 15 is 0 Å². The monoisotopic (exact) mass is 329 g/mol. The first kappa shape index (κ1) is 16.7. The third-order valence-electron chi connectivity index (χ3n) is 4.75. The summed E-state index contributed by atoms with van der Waals surface area (Å²) in [5.74, 6) is -0.242. The lowest BCUT2D eigenvalue weighted by atomic mass is 10.0. The van der Waals surface area contributed by atoms with E-state index in [9.17, 15) is 9.18 Å². The molecule has 1 aromatic carbocycles. The molecular formula is C19H24FN3O. The number of hydrogen-bond acceptors (Lipinski definition) is 2. The molecular weight excluding hydrogens is 305 g/mol. The normalized spacial score (nSPS) is 15.9. The van der Waals surface area contributed by atoms with Crippen molar-refractivity contribution in [1.29, 1.82) is 0 Å². The third-order valence-corrected chi connectivity index (χ3v) is 4.75. The van der Waals surface area contributed by atoms with Gasteiger partial charge in [0, 0.05) is 22.9 Å². The van der Waals surface area contributed by atoms with Crippen molar-refractivity contribution >= 4 is 5.91 Å². The van der Waals surface area contributed by atoms with Crippen LogP contribution in [0.25, 0.3) is 11.3 Å². The summed E-state index contributed by atoms with van der Waals surface area (Å²) in [4.78, 5) is 12.5. The van der Waals surface area contributed by atoms with Crippen LogP contribution < -0.4 is 5.32 Å². The minimum absolute atomic E-state index is 0.0368. The second kappa shape index (κ2) is 7.60. The van der Waals surface area contributed by atoms with Crippen molar-refractivity contribution in [2.75, 3.05) is 0 Å². The Labute approximate surface area is 141 Å². The Balaban J connectivity index is 1.71. The van der Waals surface area contributed by atoms with Crippen molar-refractivity contribution in [3.05, 3.63) is 41.3 Å². The summed E-state index contributed by atoms with van der Waals surface area (Å²) in [6.45, 7) is 1.91. The maximum atomic E-state index is 13.1. The van der Waals surface area contributed by atoms with Gasteiger partial charge in [0.25, 0.3) is 0 Å². The summed E-state index contributed by atoms with van der Waals surface area (Å²) in [5.41, 5.74) is 3.31. The zero-order chi connectivity index (χ0) is 16.9. The summed E-state index contributed by atoms with van der Waals surface area (Å²) < 4.78 is 13.1. The summed E-state index contributed by atoms with van der Waals surface area (Å²) in [6, 6.07) is 6.50.